The topological polar surface area (TPSA) is 15.3 Å². The summed E-state index contributed by atoms with van der Waals surface area (Å²) in [4.78, 5) is 2.50. The number of piperazine rings is 1. The van der Waals surface area contributed by atoms with Crippen LogP contribution in [-0.2, 0) is 6.54 Å². The van der Waals surface area contributed by atoms with E-state index in [0.29, 0.717) is 0 Å². The maximum atomic E-state index is 3.53. The molecule has 2 nitrogen and oxygen atoms in total. The summed E-state index contributed by atoms with van der Waals surface area (Å²) in [6.07, 6.45) is 0. The maximum Gasteiger partial charge on any atom is 0.0234 e. The molecule has 4 heteroatoms. The van der Waals surface area contributed by atoms with Gasteiger partial charge in [-0.15, -0.1) is 12.4 Å². The van der Waals surface area contributed by atoms with E-state index in [1.54, 1.807) is 0 Å². The first kappa shape index (κ1) is 14.0. The molecule has 2 rings (SSSR count). The molecule has 1 heterocycles. The van der Waals surface area contributed by atoms with Crippen LogP contribution < -0.4 is 5.32 Å². The van der Waals surface area contributed by atoms with Gasteiger partial charge in [-0.25, -0.2) is 0 Å². The zero-order valence-corrected chi connectivity index (χ0v) is 11.9. The molecule has 1 aliphatic rings. The molecule has 1 aliphatic heterocycles. The Labute approximate surface area is 112 Å². The lowest BCUT2D eigenvalue weighted by Crippen LogP contribution is -2.42. The SMILES string of the molecule is Cc1cc(CN2CCNCC2)ccc1Br.Cl. The lowest BCUT2D eigenvalue weighted by Gasteiger charge is -2.27. The molecule has 1 saturated heterocycles. The van der Waals surface area contributed by atoms with Crippen LogP contribution in [0.5, 0.6) is 0 Å². The second-order valence-corrected chi connectivity index (χ2v) is 4.96. The summed E-state index contributed by atoms with van der Waals surface area (Å²) in [6.45, 7) is 7.79. The lowest BCUT2D eigenvalue weighted by atomic mass is 10.1. The number of nitrogens with one attached hydrogen (secondary N) is 1. The number of benzene rings is 1. The minimum absolute atomic E-state index is 0. The van der Waals surface area contributed by atoms with Crippen molar-refractivity contribution in [2.45, 2.75) is 13.5 Å². The van der Waals surface area contributed by atoms with Crippen molar-refractivity contribution in [1.82, 2.24) is 10.2 Å². The minimum Gasteiger partial charge on any atom is -0.314 e. The Morgan fingerprint density at radius 3 is 2.62 bits per heavy atom. The molecule has 0 bridgehead atoms. The number of hydrogen-bond donors (Lipinski definition) is 1. The summed E-state index contributed by atoms with van der Waals surface area (Å²) >= 11 is 3.53. The fraction of sp³-hybridized carbons (Fsp3) is 0.500. The van der Waals surface area contributed by atoms with Gasteiger partial charge in [0, 0.05) is 37.2 Å². The Morgan fingerprint density at radius 2 is 2.00 bits per heavy atom. The molecule has 0 spiro atoms. The summed E-state index contributed by atoms with van der Waals surface area (Å²) in [5.41, 5.74) is 2.74. The molecule has 16 heavy (non-hydrogen) atoms. The van der Waals surface area contributed by atoms with Gasteiger partial charge in [-0.1, -0.05) is 28.1 Å². The van der Waals surface area contributed by atoms with Gasteiger partial charge in [0.1, 0.15) is 0 Å². The third-order valence-corrected chi connectivity index (χ3v) is 3.73. The Balaban J connectivity index is 0.00000128. The summed E-state index contributed by atoms with van der Waals surface area (Å²) in [7, 11) is 0. The average Bonchev–Trinajstić information content (AvgIpc) is 2.25. The molecule has 1 N–H and O–H groups in total. The molecule has 0 aliphatic carbocycles. The highest BCUT2D eigenvalue weighted by Crippen LogP contribution is 2.18. The molecular weight excluding hydrogens is 288 g/mol. The van der Waals surface area contributed by atoms with E-state index < -0.39 is 0 Å². The number of nitrogens with zero attached hydrogens (tertiary/aromatic N) is 1. The second-order valence-electron chi connectivity index (χ2n) is 4.11. The number of halogens is 2. The first-order chi connectivity index (χ1) is 7.25. The highest BCUT2D eigenvalue weighted by atomic mass is 79.9. The Hall–Kier alpha value is -0.0900. The first-order valence-electron chi connectivity index (χ1n) is 5.44. The van der Waals surface area contributed by atoms with E-state index in [1.807, 2.05) is 0 Å². The van der Waals surface area contributed by atoms with Crippen molar-refractivity contribution in [2.24, 2.45) is 0 Å². The van der Waals surface area contributed by atoms with Gasteiger partial charge in [0.2, 0.25) is 0 Å². The third-order valence-electron chi connectivity index (χ3n) is 2.84. The highest BCUT2D eigenvalue weighted by Gasteiger charge is 2.09. The summed E-state index contributed by atoms with van der Waals surface area (Å²) in [5, 5.41) is 3.37. The van der Waals surface area contributed by atoms with Crippen LogP contribution in [0.1, 0.15) is 11.1 Å². The zero-order valence-electron chi connectivity index (χ0n) is 9.50. The maximum absolute atomic E-state index is 3.53. The molecule has 0 radical (unpaired) electrons. The van der Waals surface area contributed by atoms with Crippen molar-refractivity contribution in [2.75, 3.05) is 26.2 Å². The minimum atomic E-state index is 0. The molecule has 1 fully saturated rings. The normalized spacial score (nSPS) is 16.9. The van der Waals surface area contributed by atoms with Crippen LogP contribution in [0, 0.1) is 6.92 Å². The number of rotatable bonds is 2. The van der Waals surface area contributed by atoms with Gasteiger partial charge in [-0.05, 0) is 24.1 Å². The molecular formula is C12H18BrClN2. The lowest BCUT2D eigenvalue weighted by molar-refractivity contribution is 0.233. The predicted octanol–water partition coefficient (Wildman–Crippen LogP) is 2.58. The van der Waals surface area contributed by atoms with Crippen molar-refractivity contribution in [1.29, 1.82) is 0 Å². The van der Waals surface area contributed by atoms with Crippen LogP contribution in [0.15, 0.2) is 22.7 Å². The molecule has 90 valence electrons. The Kier molecular flexibility index (Phi) is 5.76. The van der Waals surface area contributed by atoms with Crippen molar-refractivity contribution < 1.29 is 0 Å². The van der Waals surface area contributed by atoms with E-state index in [0.717, 1.165) is 32.7 Å². The van der Waals surface area contributed by atoms with Gasteiger partial charge in [-0.3, -0.25) is 4.90 Å². The van der Waals surface area contributed by atoms with Gasteiger partial charge in [0.15, 0.2) is 0 Å². The van der Waals surface area contributed by atoms with Gasteiger partial charge in [0.25, 0.3) is 0 Å². The van der Waals surface area contributed by atoms with Crippen LogP contribution in [0.4, 0.5) is 0 Å². The monoisotopic (exact) mass is 304 g/mol. The van der Waals surface area contributed by atoms with E-state index in [-0.39, 0.29) is 12.4 Å². The Bertz CT molecular complexity index is 338. The number of aryl methyl sites for hydroxylation is 1. The molecule has 0 unspecified atom stereocenters. The largest absolute Gasteiger partial charge is 0.314 e. The summed E-state index contributed by atoms with van der Waals surface area (Å²) in [5.74, 6) is 0. The molecule has 1 aromatic carbocycles. The Morgan fingerprint density at radius 1 is 1.31 bits per heavy atom. The molecule has 0 amide bonds. The van der Waals surface area contributed by atoms with E-state index in [9.17, 15) is 0 Å². The quantitative estimate of drug-likeness (QED) is 0.903. The van der Waals surface area contributed by atoms with Crippen molar-refractivity contribution in [3.05, 3.63) is 33.8 Å². The average molecular weight is 306 g/mol. The van der Waals surface area contributed by atoms with Crippen LogP contribution in [-0.4, -0.2) is 31.1 Å². The molecule has 1 aromatic rings. The first-order valence-corrected chi connectivity index (χ1v) is 6.23. The van der Waals surface area contributed by atoms with Crippen LogP contribution in [0.3, 0.4) is 0 Å². The van der Waals surface area contributed by atoms with Crippen molar-refractivity contribution in [3.63, 3.8) is 0 Å². The molecule has 0 atom stereocenters. The number of hydrogen-bond acceptors (Lipinski definition) is 2. The van der Waals surface area contributed by atoms with E-state index in [2.05, 4.69) is 51.3 Å². The van der Waals surface area contributed by atoms with E-state index in [4.69, 9.17) is 0 Å². The smallest absolute Gasteiger partial charge is 0.0234 e. The zero-order chi connectivity index (χ0) is 10.7. The molecule has 0 saturated carbocycles. The van der Waals surface area contributed by atoms with Crippen LogP contribution >= 0.6 is 28.3 Å². The fourth-order valence-electron chi connectivity index (χ4n) is 1.93. The van der Waals surface area contributed by atoms with Crippen molar-refractivity contribution >= 4 is 28.3 Å². The van der Waals surface area contributed by atoms with Crippen LogP contribution in [0.25, 0.3) is 0 Å². The summed E-state index contributed by atoms with van der Waals surface area (Å²) < 4.78 is 1.20. The molecule has 0 aromatic heterocycles. The van der Waals surface area contributed by atoms with Crippen LogP contribution in [0.2, 0.25) is 0 Å². The van der Waals surface area contributed by atoms with Gasteiger partial charge in [0.05, 0.1) is 0 Å². The van der Waals surface area contributed by atoms with Crippen molar-refractivity contribution in [3.8, 4) is 0 Å². The van der Waals surface area contributed by atoms with E-state index >= 15 is 0 Å². The standard InChI is InChI=1S/C12H17BrN2.ClH/c1-10-8-11(2-3-12(10)13)9-15-6-4-14-5-7-15;/h2-3,8,14H,4-7,9H2,1H3;1H. The fourth-order valence-corrected chi connectivity index (χ4v) is 2.18. The van der Waals surface area contributed by atoms with E-state index in [1.165, 1.54) is 15.6 Å². The van der Waals surface area contributed by atoms with Gasteiger partial charge >= 0.3 is 0 Å². The second kappa shape index (κ2) is 6.60. The predicted molar refractivity (Wildman–Crippen MR) is 74.3 cm³/mol. The van der Waals surface area contributed by atoms with Gasteiger partial charge in [-0.2, -0.15) is 0 Å². The van der Waals surface area contributed by atoms with Gasteiger partial charge < -0.3 is 5.32 Å². The summed E-state index contributed by atoms with van der Waals surface area (Å²) in [6, 6.07) is 6.62. The highest BCUT2D eigenvalue weighted by molar-refractivity contribution is 9.10. The third kappa shape index (κ3) is 3.74.